The minimum atomic E-state index is 0.252. The van der Waals surface area contributed by atoms with Crippen LogP contribution in [-0.4, -0.2) is 49.6 Å². The lowest BCUT2D eigenvalue weighted by molar-refractivity contribution is 0.167. The van der Waals surface area contributed by atoms with Gasteiger partial charge >= 0.3 is 0 Å². The van der Waals surface area contributed by atoms with Gasteiger partial charge in [-0.3, -0.25) is 4.99 Å². The van der Waals surface area contributed by atoms with Crippen molar-refractivity contribution in [3.8, 4) is 0 Å². The Balaban J connectivity index is 1.54. The van der Waals surface area contributed by atoms with Gasteiger partial charge < -0.3 is 15.5 Å². The van der Waals surface area contributed by atoms with Gasteiger partial charge in [-0.2, -0.15) is 0 Å². The minimum Gasteiger partial charge on any atom is -0.356 e. The van der Waals surface area contributed by atoms with Gasteiger partial charge in [-0.05, 0) is 57.2 Å². The van der Waals surface area contributed by atoms with Gasteiger partial charge in [-0.1, -0.05) is 34.5 Å². The molecule has 1 aromatic rings. The van der Waals surface area contributed by atoms with Crippen LogP contribution in [0, 0.1) is 0 Å². The van der Waals surface area contributed by atoms with Crippen molar-refractivity contribution >= 4 is 21.9 Å². The molecule has 1 aliphatic carbocycles. The standard InChI is InChI=1S/C21H33BrN4/c1-16(2)26-12-8-19(9-13-26)25-20(23-3)24-15-21(10-5-11-21)17-6-4-7-18(22)14-17/h4,6-7,14,16,19H,5,8-13,15H2,1-3H3,(H2,23,24,25). The topological polar surface area (TPSA) is 39.7 Å². The molecule has 2 fully saturated rings. The molecule has 2 aliphatic rings. The van der Waals surface area contributed by atoms with E-state index in [1.54, 1.807) is 0 Å². The third-order valence-electron chi connectivity index (χ3n) is 6.17. The van der Waals surface area contributed by atoms with Crippen molar-refractivity contribution in [1.29, 1.82) is 0 Å². The number of aliphatic imine (C=N–C) groups is 1. The van der Waals surface area contributed by atoms with Crippen LogP contribution in [0.5, 0.6) is 0 Å². The fraction of sp³-hybridized carbons (Fsp3) is 0.667. The van der Waals surface area contributed by atoms with Gasteiger partial charge in [0.2, 0.25) is 0 Å². The smallest absolute Gasteiger partial charge is 0.191 e. The van der Waals surface area contributed by atoms with Crippen LogP contribution in [0.2, 0.25) is 0 Å². The van der Waals surface area contributed by atoms with E-state index >= 15 is 0 Å². The van der Waals surface area contributed by atoms with E-state index in [-0.39, 0.29) is 5.41 Å². The summed E-state index contributed by atoms with van der Waals surface area (Å²) in [7, 11) is 1.88. The molecule has 0 unspecified atom stereocenters. The van der Waals surface area contributed by atoms with E-state index in [0.717, 1.165) is 12.5 Å². The van der Waals surface area contributed by atoms with Crippen LogP contribution in [0.3, 0.4) is 0 Å². The third kappa shape index (κ3) is 4.61. The van der Waals surface area contributed by atoms with Gasteiger partial charge in [0.25, 0.3) is 0 Å². The van der Waals surface area contributed by atoms with Crippen molar-refractivity contribution in [2.45, 2.75) is 63.5 Å². The van der Waals surface area contributed by atoms with Gasteiger partial charge in [0, 0.05) is 48.7 Å². The number of guanidine groups is 1. The Kier molecular flexibility index (Phi) is 6.62. The fourth-order valence-corrected chi connectivity index (χ4v) is 4.59. The van der Waals surface area contributed by atoms with Crippen LogP contribution in [0.25, 0.3) is 0 Å². The molecule has 0 atom stereocenters. The summed E-state index contributed by atoms with van der Waals surface area (Å²) in [5.41, 5.74) is 1.69. The number of likely N-dealkylation sites (tertiary alicyclic amines) is 1. The zero-order chi connectivity index (χ0) is 18.6. The third-order valence-corrected chi connectivity index (χ3v) is 6.66. The second-order valence-electron chi connectivity index (χ2n) is 8.12. The summed E-state index contributed by atoms with van der Waals surface area (Å²) in [6, 6.07) is 9.97. The molecular formula is C21H33BrN4. The predicted molar refractivity (Wildman–Crippen MR) is 114 cm³/mol. The van der Waals surface area contributed by atoms with E-state index in [2.05, 4.69) is 74.6 Å². The summed E-state index contributed by atoms with van der Waals surface area (Å²) < 4.78 is 1.17. The van der Waals surface area contributed by atoms with Crippen LogP contribution in [0.4, 0.5) is 0 Å². The molecule has 2 N–H and O–H groups in total. The van der Waals surface area contributed by atoms with Crippen LogP contribution in [-0.2, 0) is 5.41 Å². The van der Waals surface area contributed by atoms with Crippen LogP contribution in [0.15, 0.2) is 33.7 Å². The summed E-state index contributed by atoms with van der Waals surface area (Å²) >= 11 is 3.62. The number of hydrogen-bond donors (Lipinski definition) is 2. The molecule has 144 valence electrons. The maximum Gasteiger partial charge on any atom is 0.191 e. The Hall–Kier alpha value is -1.07. The van der Waals surface area contributed by atoms with Gasteiger partial charge in [0.05, 0.1) is 0 Å². The number of hydrogen-bond acceptors (Lipinski definition) is 2. The molecule has 1 saturated heterocycles. The Bertz CT molecular complexity index is 616. The van der Waals surface area contributed by atoms with E-state index < -0.39 is 0 Å². The Morgan fingerprint density at radius 2 is 2.04 bits per heavy atom. The summed E-state index contributed by atoms with van der Waals surface area (Å²) in [6.07, 6.45) is 6.19. The first kappa shape index (κ1) is 19.7. The summed E-state index contributed by atoms with van der Waals surface area (Å²) in [5.74, 6) is 0.953. The number of halogens is 1. The van der Waals surface area contributed by atoms with Gasteiger partial charge in [-0.25, -0.2) is 0 Å². The highest BCUT2D eigenvalue weighted by Gasteiger charge is 2.38. The highest BCUT2D eigenvalue weighted by atomic mass is 79.9. The Morgan fingerprint density at radius 1 is 1.31 bits per heavy atom. The van der Waals surface area contributed by atoms with Crippen LogP contribution >= 0.6 is 15.9 Å². The molecule has 0 aromatic heterocycles. The number of benzene rings is 1. The highest BCUT2D eigenvalue weighted by molar-refractivity contribution is 9.10. The normalized spacial score (nSPS) is 21.5. The molecule has 0 radical (unpaired) electrons. The van der Waals surface area contributed by atoms with E-state index in [4.69, 9.17) is 0 Å². The van der Waals surface area contributed by atoms with Crippen molar-refractivity contribution in [2.24, 2.45) is 4.99 Å². The summed E-state index contributed by atoms with van der Waals surface area (Å²) in [5, 5.41) is 7.27. The first-order chi connectivity index (χ1) is 12.5. The minimum absolute atomic E-state index is 0.252. The molecule has 1 aromatic carbocycles. The van der Waals surface area contributed by atoms with Crippen molar-refractivity contribution in [3.05, 3.63) is 34.3 Å². The predicted octanol–water partition coefficient (Wildman–Crippen LogP) is 3.91. The molecule has 26 heavy (non-hydrogen) atoms. The maximum absolute atomic E-state index is 4.48. The number of nitrogens with one attached hydrogen (secondary N) is 2. The van der Waals surface area contributed by atoms with E-state index in [1.165, 1.54) is 55.2 Å². The molecule has 3 rings (SSSR count). The first-order valence-electron chi connectivity index (χ1n) is 10.00. The van der Waals surface area contributed by atoms with Crippen molar-refractivity contribution in [3.63, 3.8) is 0 Å². The summed E-state index contributed by atoms with van der Waals surface area (Å²) in [4.78, 5) is 7.04. The molecule has 0 bridgehead atoms. The van der Waals surface area contributed by atoms with Gasteiger partial charge in [0.15, 0.2) is 5.96 Å². The zero-order valence-corrected chi connectivity index (χ0v) is 18.0. The number of piperidine rings is 1. The average Bonchev–Trinajstić information content (AvgIpc) is 2.60. The van der Waals surface area contributed by atoms with Gasteiger partial charge in [-0.15, -0.1) is 0 Å². The van der Waals surface area contributed by atoms with Crippen molar-refractivity contribution in [2.75, 3.05) is 26.7 Å². The Morgan fingerprint density at radius 3 is 2.58 bits per heavy atom. The average molecular weight is 421 g/mol. The van der Waals surface area contributed by atoms with Crippen LogP contribution < -0.4 is 10.6 Å². The number of nitrogens with zero attached hydrogens (tertiary/aromatic N) is 2. The molecule has 4 nitrogen and oxygen atoms in total. The highest BCUT2D eigenvalue weighted by Crippen LogP contribution is 2.43. The molecule has 1 aliphatic heterocycles. The van der Waals surface area contributed by atoms with E-state index in [9.17, 15) is 0 Å². The molecule has 5 heteroatoms. The molecule has 1 heterocycles. The lowest BCUT2D eigenvalue weighted by atomic mass is 9.64. The van der Waals surface area contributed by atoms with Crippen molar-refractivity contribution in [1.82, 2.24) is 15.5 Å². The van der Waals surface area contributed by atoms with Crippen molar-refractivity contribution < 1.29 is 0 Å². The molecule has 0 spiro atoms. The number of rotatable bonds is 5. The van der Waals surface area contributed by atoms with Gasteiger partial charge in [0.1, 0.15) is 0 Å². The first-order valence-corrected chi connectivity index (χ1v) is 10.8. The summed E-state index contributed by atoms with van der Waals surface area (Å²) in [6.45, 7) is 7.87. The quantitative estimate of drug-likeness (QED) is 0.560. The SMILES string of the molecule is CN=C(NCC1(c2cccc(Br)c2)CCC1)NC1CCN(C(C)C)CC1. The van der Waals surface area contributed by atoms with E-state index in [1.807, 2.05) is 7.05 Å². The van der Waals surface area contributed by atoms with E-state index in [0.29, 0.717) is 12.1 Å². The second kappa shape index (κ2) is 8.75. The molecular weight excluding hydrogens is 388 g/mol. The Labute approximate surface area is 167 Å². The maximum atomic E-state index is 4.48. The monoisotopic (exact) mass is 420 g/mol. The molecule has 0 amide bonds. The fourth-order valence-electron chi connectivity index (χ4n) is 4.19. The second-order valence-corrected chi connectivity index (χ2v) is 9.03. The lowest BCUT2D eigenvalue weighted by Crippen LogP contribution is -2.53. The van der Waals surface area contributed by atoms with Crippen LogP contribution in [0.1, 0.15) is 51.5 Å². The largest absolute Gasteiger partial charge is 0.356 e. The zero-order valence-electron chi connectivity index (χ0n) is 16.4. The lowest BCUT2D eigenvalue weighted by Gasteiger charge is -2.43. The molecule has 1 saturated carbocycles.